The molecule has 0 aliphatic rings. The molecule has 15 heavy (non-hydrogen) atoms. The van der Waals surface area contributed by atoms with Crippen molar-refractivity contribution in [2.75, 3.05) is 14.2 Å². The smallest absolute Gasteiger partial charge is 0.255 e. The fourth-order valence-electron chi connectivity index (χ4n) is 1.41. The SMILES string of the molecule is CCc1c(C(OC)OC)[nH]c(=S)[nH]c1=O. The normalized spacial score (nSPS) is 10.9. The number of aromatic amines is 2. The Morgan fingerprint density at radius 2 is 1.93 bits per heavy atom. The molecule has 5 nitrogen and oxygen atoms in total. The van der Waals surface area contributed by atoms with E-state index in [1.54, 1.807) is 0 Å². The molecule has 0 unspecified atom stereocenters. The molecule has 0 aliphatic heterocycles. The van der Waals surface area contributed by atoms with Gasteiger partial charge in [0.1, 0.15) is 0 Å². The van der Waals surface area contributed by atoms with E-state index in [1.807, 2.05) is 6.92 Å². The zero-order valence-electron chi connectivity index (χ0n) is 8.92. The van der Waals surface area contributed by atoms with Gasteiger partial charge in [0.25, 0.3) is 5.56 Å². The van der Waals surface area contributed by atoms with Crippen molar-refractivity contribution in [2.24, 2.45) is 0 Å². The van der Waals surface area contributed by atoms with Crippen LogP contribution in [0, 0.1) is 4.77 Å². The Morgan fingerprint density at radius 3 is 2.40 bits per heavy atom. The van der Waals surface area contributed by atoms with E-state index in [0.29, 0.717) is 17.7 Å². The first-order valence-corrected chi connectivity index (χ1v) is 4.95. The van der Waals surface area contributed by atoms with Gasteiger partial charge in [0, 0.05) is 19.8 Å². The van der Waals surface area contributed by atoms with Crippen LogP contribution >= 0.6 is 12.2 Å². The zero-order valence-corrected chi connectivity index (χ0v) is 9.73. The standard InChI is InChI=1S/C9H14N2O3S/c1-4-5-6(8(13-2)14-3)10-9(15)11-7(5)12/h8H,4H2,1-3H3,(H2,10,11,12,15). The highest BCUT2D eigenvalue weighted by molar-refractivity contribution is 7.71. The largest absolute Gasteiger partial charge is 0.350 e. The third-order valence-electron chi connectivity index (χ3n) is 2.09. The first-order chi connectivity index (χ1) is 7.13. The maximum absolute atomic E-state index is 11.6. The lowest BCUT2D eigenvalue weighted by Gasteiger charge is -2.15. The number of nitrogens with one attached hydrogen (secondary N) is 2. The number of hydrogen-bond acceptors (Lipinski definition) is 4. The van der Waals surface area contributed by atoms with E-state index < -0.39 is 6.29 Å². The van der Waals surface area contributed by atoms with Gasteiger partial charge in [-0.15, -0.1) is 0 Å². The average molecular weight is 230 g/mol. The second-order valence-electron chi connectivity index (χ2n) is 2.96. The summed E-state index contributed by atoms with van der Waals surface area (Å²) in [7, 11) is 3.01. The minimum atomic E-state index is -0.594. The molecular weight excluding hydrogens is 216 g/mol. The van der Waals surface area contributed by atoms with Crippen molar-refractivity contribution in [3.05, 3.63) is 26.4 Å². The van der Waals surface area contributed by atoms with Crippen LogP contribution in [0.25, 0.3) is 0 Å². The van der Waals surface area contributed by atoms with E-state index in [1.165, 1.54) is 14.2 Å². The van der Waals surface area contributed by atoms with Gasteiger partial charge >= 0.3 is 0 Å². The molecule has 1 heterocycles. The summed E-state index contributed by atoms with van der Waals surface area (Å²) < 4.78 is 10.4. The number of hydrogen-bond donors (Lipinski definition) is 2. The van der Waals surface area contributed by atoms with Crippen molar-refractivity contribution >= 4 is 12.2 Å². The van der Waals surface area contributed by atoms with E-state index in [9.17, 15) is 4.79 Å². The predicted molar refractivity (Wildman–Crippen MR) is 58.4 cm³/mol. The summed E-state index contributed by atoms with van der Waals surface area (Å²) >= 11 is 4.89. The van der Waals surface area contributed by atoms with Gasteiger partial charge in [-0.25, -0.2) is 0 Å². The number of methoxy groups -OCH3 is 2. The third kappa shape index (κ3) is 2.53. The molecule has 1 aromatic rings. The lowest BCUT2D eigenvalue weighted by Crippen LogP contribution is -2.20. The highest BCUT2D eigenvalue weighted by Crippen LogP contribution is 2.16. The lowest BCUT2D eigenvalue weighted by atomic mass is 10.2. The summed E-state index contributed by atoms with van der Waals surface area (Å²) in [6, 6.07) is 0. The molecule has 1 rings (SSSR count). The van der Waals surface area contributed by atoms with Crippen LogP contribution in [0.3, 0.4) is 0 Å². The van der Waals surface area contributed by atoms with Gasteiger partial charge in [0.05, 0.1) is 5.69 Å². The molecule has 0 saturated heterocycles. The molecule has 0 atom stereocenters. The fourth-order valence-corrected chi connectivity index (χ4v) is 1.62. The molecule has 2 N–H and O–H groups in total. The highest BCUT2D eigenvalue weighted by Gasteiger charge is 2.16. The van der Waals surface area contributed by atoms with Crippen molar-refractivity contribution < 1.29 is 9.47 Å². The molecule has 0 spiro atoms. The topological polar surface area (TPSA) is 67.1 Å². The van der Waals surface area contributed by atoms with Crippen LogP contribution in [0.2, 0.25) is 0 Å². The molecule has 0 radical (unpaired) electrons. The van der Waals surface area contributed by atoms with Crippen LogP contribution in [0.15, 0.2) is 4.79 Å². The molecule has 84 valence electrons. The Kier molecular flexibility index (Phi) is 4.19. The Labute approximate surface area is 92.4 Å². The van der Waals surface area contributed by atoms with Crippen LogP contribution < -0.4 is 5.56 Å². The number of aromatic nitrogens is 2. The molecule has 0 aliphatic carbocycles. The minimum absolute atomic E-state index is 0.199. The number of rotatable bonds is 4. The van der Waals surface area contributed by atoms with Crippen LogP contribution in [0.1, 0.15) is 24.5 Å². The highest BCUT2D eigenvalue weighted by atomic mass is 32.1. The molecule has 0 saturated carbocycles. The van der Waals surface area contributed by atoms with Crippen molar-refractivity contribution in [2.45, 2.75) is 19.6 Å². The Balaban J connectivity index is 3.37. The molecule has 0 fully saturated rings. The summed E-state index contributed by atoms with van der Waals surface area (Å²) in [4.78, 5) is 17.0. The number of H-pyrrole nitrogens is 2. The first-order valence-electron chi connectivity index (χ1n) is 4.55. The summed E-state index contributed by atoms with van der Waals surface area (Å²) in [6.45, 7) is 1.88. The number of ether oxygens (including phenoxy) is 2. The molecule has 1 aromatic heterocycles. The molecule has 0 aromatic carbocycles. The van der Waals surface area contributed by atoms with E-state index in [4.69, 9.17) is 21.7 Å². The third-order valence-corrected chi connectivity index (χ3v) is 2.30. The fraction of sp³-hybridized carbons (Fsp3) is 0.556. The first kappa shape index (κ1) is 12.1. The summed E-state index contributed by atoms with van der Waals surface area (Å²) in [6.07, 6.45) is -0.0102. The van der Waals surface area contributed by atoms with Crippen LogP contribution in [0.4, 0.5) is 0 Å². The molecule has 0 amide bonds. The minimum Gasteiger partial charge on any atom is -0.350 e. The Hall–Kier alpha value is -0.980. The van der Waals surface area contributed by atoms with Crippen molar-refractivity contribution in [1.29, 1.82) is 0 Å². The van der Waals surface area contributed by atoms with Gasteiger partial charge in [-0.3, -0.25) is 9.78 Å². The molecule has 0 bridgehead atoms. The van der Waals surface area contributed by atoms with E-state index in [0.717, 1.165) is 0 Å². The summed E-state index contributed by atoms with van der Waals surface area (Å²) in [5.41, 5.74) is 0.976. The van der Waals surface area contributed by atoms with Gasteiger partial charge in [0.2, 0.25) is 0 Å². The molecular formula is C9H14N2O3S. The second-order valence-corrected chi connectivity index (χ2v) is 3.37. The predicted octanol–water partition coefficient (Wildman–Crippen LogP) is 1.29. The second kappa shape index (κ2) is 5.20. The van der Waals surface area contributed by atoms with E-state index >= 15 is 0 Å². The zero-order chi connectivity index (χ0) is 11.4. The average Bonchev–Trinajstić information content (AvgIpc) is 2.19. The van der Waals surface area contributed by atoms with Crippen molar-refractivity contribution in [1.82, 2.24) is 9.97 Å². The van der Waals surface area contributed by atoms with Crippen molar-refractivity contribution in [3.63, 3.8) is 0 Å². The maximum Gasteiger partial charge on any atom is 0.255 e. The molecule has 6 heteroatoms. The Morgan fingerprint density at radius 1 is 1.33 bits per heavy atom. The van der Waals surface area contributed by atoms with E-state index in [2.05, 4.69) is 9.97 Å². The van der Waals surface area contributed by atoms with Crippen LogP contribution in [-0.4, -0.2) is 24.2 Å². The maximum atomic E-state index is 11.6. The lowest BCUT2D eigenvalue weighted by molar-refractivity contribution is -0.109. The monoisotopic (exact) mass is 230 g/mol. The van der Waals surface area contributed by atoms with Gasteiger partial charge < -0.3 is 14.5 Å². The van der Waals surface area contributed by atoms with Gasteiger partial charge in [-0.1, -0.05) is 6.92 Å². The quantitative estimate of drug-likeness (QED) is 0.604. The van der Waals surface area contributed by atoms with Gasteiger partial charge in [-0.2, -0.15) is 0 Å². The van der Waals surface area contributed by atoms with Crippen LogP contribution in [0.5, 0.6) is 0 Å². The Bertz CT molecular complexity index is 434. The van der Waals surface area contributed by atoms with Crippen LogP contribution in [-0.2, 0) is 15.9 Å². The summed E-state index contributed by atoms with van der Waals surface area (Å²) in [5.74, 6) is 0. The van der Waals surface area contributed by atoms with E-state index in [-0.39, 0.29) is 10.3 Å². The van der Waals surface area contributed by atoms with Crippen molar-refractivity contribution in [3.8, 4) is 0 Å². The van der Waals surface area contributed by atoms with Gasteiger partial charge in [-0.05, 0) is 18.6 Å². The van der Waals surface area contributed by atoms with Gasteiger partial charge in [0.15, 0.2) is 11.1 Å². The summed E-state index contributed by atoms with van der Waals surface area (Å²) in [5, 5.41) is 0.